The molecule has 116 valence electrons. The van der Waals surface area contributed by atoms with Gasteiger partial charge in [-0.25, -0.2) is 0 Å². The molecule has 1 fully saturated rings. The van der Waals surface area contributed by atoms with Crippen LogP contribution >= 0.6 is 11.8 Å². The van der Waals surface area contributed by atoms with Crippen LogP contribution < -0.4 is 5.32 Å². The van der Waals surface area contributed by atoms with Crippen LogP contribution in [0.3, 0.4) is 0 Å². The molecule has 2 nitrogen and oxygen atoms in total. The number of fused-ring (bicyclic) bond motifs is 1. The Balaban J connectivity index is 1.90. The number of ether oxygens (including phenoxy) is 1. The largest absolute Gasteiger partial charge is 0.369 e. The molecule has 21 heavy (non-hydrogen) atoms. The minimum atomic E-state index is -0.0701. The molecular weight excluding hydrogens is 278 g/mol. The Morgan fingerprint density at radius 2 is 1.95 bits per heavy atom. The molecule has 2 aliphatic rings. The highest BCUT2D eigenvalue weighted by Gasteiger charge is 2.51. The van der Waals surface area contributed by atoms with Gasteiger partial charge in [0.15, 0.2) is 0 Å². The van der Waals surface area contributed by atoms with Gasteiger partial charge >= 0.3 is 0 Å². The van der Waals surface area contributed by atoms with Crippen molar-refractivity contribution in [1.82, 2.24) is 5.32 Å². The predicted octanol–water partition coefficient (Wildman–Crippen LogP) is 4.06. The Labute approximate surface area is 133 Å². The quantitative estimate of drug-likeness (QED) is 0.910. The zero-order chi connectivity index (χ0) is 15.3. The van der Waals surface area contributed by atoms with E-state index in [1.165, 1.54) is 16.2 Å². The topological polar surface area (TPSA) is 21.3 Å². The molecule has 2 heterocycles. The van der Waals surface area contributed by atoms with E-state index in [2.05, 4.69) is 64.3 Å². The second-order valence-corrected chi connectivity index (χ2v) is 8.61. The molecule has 1 aromatic rings. The molecule has 3 heteroatoms. The normalized spacial score (nSPS) is 31.1. The van der Waals surface area contributed by atoms with Gasteiger partial charge in [-0.1, -0.05) is 18.2 Å². The zero-order valence-electron chi connectivity index (χ0n) is 13.8. The number of hydrogen-bond donors (Lipinski definition) is 1. The van der Waals surface area contributed by atoms with Crippen molar-refractivity contribution in [2.24, 2.45) is 5.92 Å². The van der Waals surface area contributed by atoms with E-state index in [1.807, 2.05) is 11.8 Å². The molecule has 0 aliphatic carbocycles. The first-order valence-electron chi connectivity index (χ1n) is 7.93. The number of likely N-dealkylation sites (N-methyl/N-ethyl adjacent to an activating group) is 1. The summed E-state index contributed by atoms with van der Waals surface area (Å²) in [4.78, 5) is 1.46. The SMILES string of the molecule is CNC(C1CSc2ccccc21)C1CC(C)(C)OC1(C)C. The number of rotatable bonds is 3. The van der Waals surface area contributed by atoms with E-state index in [9.17, 15) is 0 Å². The van der Waals surface area contributed by atoms with Crippen LogP contribution in [0.25, 0.3) is 0 Å². The van der Waals surface area contributed by atoms with Gasteiger partial charge < -0.3 is 10.1 Å². The lowest BCUT2D eigenvalue weighted by Gasteiger charge is -2.36. The summed E-state index contributed by atoms with van der Waals surface area (Å²) < 4.78 is 6.33. The highest BCUT2D eigenvalue weighted by atomic mass is 32.2. The standard InChI is InChI=1S/C18H27NOS/c1-17(2)10-14(18(3,4)20-17)16(19-5)13-11-21-15-9-7-6-8-12(13)15/h6-9,13-14,16,19H,10-11H2,1-5H3. The third kappa shape index (κ3) is 2.76. The summed E-state index contributed by atoms with van der Waals surface area (Å²) in [6.45, 7) is 8.95. The molecular formula is C18H27NOS. The Hall–Kier alpha value is -0.510. The number of hydrogen-bond acceptors (Lipinski definition) is 3. The minimum absolute atomic E-state index is 0.0193. The van der Waals surface area contributed by atoms with Crippen LogP contribution in [0.5, 0.6) is 0 Å². The molecule has 1 saturated heterocycles. The highest BCUT2D eigenvalue weighted by Crippen LogP contribution is 2.49. The van der Waals surface area contributed by atoms with Gasteiger partial charge in [0.25, 0.3) is 0 Å². The lowest BCUT2D eigenvalue weighted by atomic mass is 9.75. The molecule has 0 bridgehead atoms. The van der Waals surface area contributed by atoms with Crippen LogP contribution in [0.1, 0.15) is 45.6 Å². The summed E-state index contributed by atoms with van der Waals surface area (Å²) >= 11 is 2.00. The summed E-state index contributed by atoms with van der Waals surface area (Å²) in [7, 11) is 2.11. The average molecular weight is 305 g/mol. The molecule has 1 N–H and O–H groups in total. The Bertz CT molecular complexity index is 526. The summed E-state index contributed by atoms with van der Waals surface area (Å²) in [5.41, 5.74) is 1.43. The maximum Gasteiger partial charge on any atom is 0.0677 e. The monoisotopic (exact) mass is 305 g/mol. The van der Waals surface area contributed by atoms with Crippen LogP contribution in [-0.4, -0.2) is 30.0 Å². The van der Waals surface area contributed by atoms with Crippen molar-refractivity contribution in [3.63, 3.8) is 0 Å². The molecule has 0 radical (unpaired) electrons. The van der Waals surface area contributed by atoms with Crippen LogP contribution in [0.15, 0.2) is 29.2 Å². The molecule has 0 spiro atoms. The van der Waals surface area contributed by atoms with Gasteiger partial charge in [-0.05, 0) is 52.8 Å². The number of thioether (sulfide) groups is 1. The number of benzene rings is 1. The first-order valence-corrected chi connectivity index (χ1v) is 8.92. The maximum atomic E-state index is 6.33. The fourth-order valence-corrected chi connectivity index (χ4v) is 5.64. The van der Waals surface area contributed by atoms with E-state index in [1.54, 1.807) is 0 Å². The zero-order valence-corrected chi connectivity index (χ0v) is 14.6. The summed E-state index contributed by atoms with van der Waals surface area (Å²) in [6.07, 6.45) is 1.12. The van der Waals surface area contributed by atoms with Crippen molar-refractivity contribution in [3.8, 4) is 0 Å². The van der Waals surface area contributed by atoms with Crippen LogP contribution in [0.2, 0.25) is 0 Å². The molecule has 3 rings (SSSR count). The second-order valence-electron chi connectivity index (χ2n) is 7.55. The summed E-state index contributed by atoms with van der Waals surface area (Å²) in [5.74, 6) is 2.30. The van der Waals surface area contributed by atoms with Gasteiger partial charge in [0.2, 0.25) is 0 Å². The summed E-state index contributed by atoms with van der Waals surface area (Å²) in [6, 6.07) is 9.35. The van der Waals surface area contributed by atoms with E-state index in [4.69, 9.17) is 4.74 Å². The molecule has 3 atom stereocenters. The highest BCUT2D eigenvalue weighted by molar-refractivity contribution is 7.99. The third-order valence-electron chi connectivity index (χ3n) is 5.08. The van der Waals surface area contributed by atoms with Crippen LogP contribution in [0, 0.1) is 5.92 Å². The van der Waals surface area contributed by atoms with Gasteiger partial charge in [0, 0.05) is 28.5 Å². The second kappa shape index (κ2) is 5.29. The van der Waals surface area contributed by atoms with E-state index < -0.39 is 0 Å². The fraction of sp³-hybridized carbons (Fsp3) is 0.667. The molecule has 0 saturated carbocycles. The van der Waals surface area contributed by atoms with Crippen molar-refractivity contribution in [1.29, 1.82) is 0 Å². The smallest absolute Gasteiger partial charge is 0.0677 e. The van der Waals surface area contributed by atoms with E-state index in [0.717, 1.165) is 6.42 Å². The van der Waals surface area contributed by atoms with Gasteiger partial charge in [0.1, 0.15) is 0 Å². The minimum Gasteiger partial charge on any atom is -0.369 e. The Morgan fingerprint density at radius 1 is 1.24 bits per heavy atom. The van der Waals surface area contributed by atoms with Gasteiger partial charge in [-0.3, -0.25) is 0 Å². The van der Waals surface area contributed by atoms with Crippen molar-refractivity contribution in [3.05, 3.63) is 29.8 Å². The van der Waals surface area contributed by atoms with Crippen molar-refractivity contribution < 1.29 is 4.74 Å². The maximum absolute atomic E-state index is 6.33. The lowest BCUT2D eigenvalue weighted by molar-refractivity contribution is -0.0781. The van der Waals surface area contributed by atoms with Gasteiger partial charge in [-0.2, -0.15) is 0 Å². The summed E-state index contributed by atoms with van der Waals surface area (Å²) in [5, 5.41) is 3.63. The first-order chi connectivity index (χ1) is 9.84. The third-order valence-corrected chi connectivity index (χ3v) is 6.29. The van der Waals surface area contributed by atoms with Crippen LogP contribution in [-0.2, 0) is 4.74 Å². The molecule has 1 aromatic carbocycles. The van der Waals surface area contributed by atoms with Crippen molar-refractivity contribution in [2.45, 2.75) is 62.2 Å². The fourth-order valence-electron chi connectivity index (χ4n) is 4.33. The van der Waals surface area contributed by atoms with Gasteiger partial charge in [-0.15, -0.1) is 11.8 Å². The molecule has 0 aromatic heterocycles. The average Bonchev–Trinajstić information content (AvgIpc) is 2.90. The van der Waals surface area contributed by atoms with E-state index in [-0.39, 0.29) is 11.2 Å². The molecule has 2 aliphatic heterocycles. The lowest BCUT2D eigenvalue weighted by Crippen LogP contribution is -2.46. The van der Waals surface area contributed by atoms with E-state index >= 15 is 0 Å². The molecule has 3 unspecified atom stereocenters. The van der Waals surface area contributed by atoms with Gasteiger partial charge in [0.05, 0.1) is 11.2 Å². The van der Waals surface area contributed by atoms with E-state index in [0.29, 0.717) is 17.9 Å². The number of nitrogens with one attached hydrogen (secondary N) is 1. The van der Waals surface area contributed by atoms with Crippen molar-refractivity contribution in [2.75, 3.05) is 12.8 Å². The van der Waals surface area contributed by atoms with Crippen molar-refractivity contribution >= 4 is 11.8 Å². The first kappa shape index (κ1) is 15.4. The predicted molar refractivity (Wildman–Crippen MR) is 90.1 cm³/mol. The Kier molecular flexibility index (Phi) is 3.88. The Morgan fingerprint density at radius 3 is 2.57 bits per heavy atom. The molecule has 0 amide bonds. The van der Waals surface area contributed by atoms with Crippen LogP contribution in [0.4, 0.5) is 0 Å².